The van der Waals surface area contributed by atoms with Crippen molar-refractivity contribution >= 4 is 16.9 Å². The Balaban J connectivity index is 1.68. The molecule has 3 heterocycles. The highest BCUT2D eigenvalue weighted by atomic mass is 19.4. The number of H-pyrrole nitrogens is 1. The van der Waals surface area contributed by atoms with Crippen molar-refractivity contribution in [1.29, 1.82) is 0 Å². The van der Waals surface area contributed by atoms with E-state index in [4.69, 9.17) is 4.74 Å². The van der Waals surface area contributed by atoms with Crippen molar-refractivity contribution in [3.63, 3.8) is 0 Å². The van der Waals surface area contributed by atoms with Gasteiger partial charge in [0.1, 0.15) is 12.3 Å². The summed E-state index contributed by atoms with van der Waals surface area (Å²) in [5.74, 6) is 0.160. The lowest BCUT2D eigenvalue weighted by atomic mass is 9.93. The Bertz CT molecular complexity index is 749. The van der Waals surface area contributed by atoms with Crippen molar-refractivity contribution < 1.29 is 22.7 Å². The van der Waals surface area contributed by atoms with Crippen LogP contribution in [0.25, 0.3) is 11.0 Å². The first-order valence-electron chi connectivity index (χ1n) is 8.31. The predicted molar refractivity (Wildman–Crippen MR) is 86.1 cm³/mol. The summed E-state index contributed by atoms with van der Waals surface area (Å²) in [6, 6.07) is 4.08. The summed E-state index contributed by atoms with van der Waals surface area (Å²) >= 11 is 0. The number of alkyl halides is 3. The van der Waals surface area contributed by atoms with Crippen molar-refractivity contribution in [2.24, 2.45) is 0 Å². The monoisotopic (exact) mass is 355 g/mol. The van der Waals surface area contributed by atoms with Gasteiger partial charge in [-0.3, -0.25) is 4.79 Å². The highest BCUT2D eigenvalue weighted by Crippen LogP contribution is 2.32. The number of nitrogens with one attached hydrogen (secondary N) is 1. The number of carbonyl (C=O) groups is 1. The normalized spacial score (nSPS) is 16.6. The topological polar surface area (TPSA) is 58.2 Å². The van der Waals surface area contributed by atoms with Gasteiger partial charge in [0.15, 0.2) is 0 Å². The van der Waals surface area contributed by atoms with Gasteiger partial charge in [-0.25, -0.2) is 4.98 Å². The summed E-state index contributed by atoms with van der Waals surface area (Å²) in [4.78, 5) is 20.6. The van der Waals surface area contributed by atoms with E-state index in [1.54, 1.807) is 11.0 Å². The number of rotatable bonds is 4. The molecule has 0 atom stereocenters. The van der Waals surface area contributed by atoms with Crippen LogP contribution in [-0.2, 0) is 15.7 Å². The molecule has 1 amide bonds. The number of aromatic nitrogens is 2. The molecular weight excluding hydrogens is 335 g/mol. The summed E-state index contributed by atoms with van der Waals surface area (Å²) in [6.45, 7) is 3.68. The minimum atomic E-state index is -4.45. The lowest BCUT2D eigenvalue weighted by Gasteiger charge is -2.31. The SMILES string of the molecule is CCOCC(=O)N1CCC(c2cc3nc(C(F)(F)F)ccc3[nH]2)CC1. The van der Waals surface area contributed by atoms with Crippen LogP contribution < -0.4 is 0 Å². The van der Waals surface area contributed by atoms with Gasteiger partial charge >= 0.3 is 6.18 Å². The maximum absolute atomic E-state index is 12.8. The van der Waals surface area contributed by atoms with Gasteiger partial charge in [-0.1, -0.05) is 0 Å². The van der Waals surface area contributed by atoms with E-state index in [2.05, 4.69) is 9.97 Å². The first kappa shape index (κ1) is 17.7. The number of ether oxygens (including phenoxy) is 1. The Morgan fingerprint density at radius 1 is 1.36 bits per heavy atom. The molecule has 2 aromatic rings. The molecule has 1 saturated heterocycles. The van der Waals surface area contributed by atoms with Crippen LogP contribution in [0.15, 0.2) is 18.2 Å². The maximum Gasteiger partial charge on any atom is 0.433 e. The van der Waals surface area contributed by atoms with Crippen molar-refractivity contribution in [3.8, 4) is 0 Å². The number of carbonyl (C=O) groups excluding carboxylic acids is 1. The van der Waals surface area contributed by atoms with Gasteiger partial charge in [-0.15, -0.1) is 0 Å². The van der Waals surface area contributed by atoms with Crippen LogP contribution in [0, 0.1) is 0 Å². The largest absolute Gasteiger partial charge is 0.433 e. The van der Waals surface area contributed by atoms with Crippen LogP contribution in [0.4, 0.5) is 13.2 Å². The lowest BCUT2D eigenvalue weighted by Crippen LogP contribution is -2.40. The molecule has 136 valence electrons. The number of fused-ring (bicyclic) bond motifs is 1. The number of piperidine rings is 1. The summed E-state index contributed by atoms with van der Waals surface area (Å²) in [5.41, 5.74) is 0.901. The number of likely N-dealkylation sites (tertiary alicyclic amines) is 1. The van der Waals surface area contributed by atoms with E-state index in [0.29, 0.717) is 30.7 Å². The second kappa shape index (κ2) is 7.03. The van der Waals surface area contributed by atoms with Crippen LogP contribution >= 0.6 is 0 Å². The number of halogens is 3. The summed E-state index contributed by atoms with van der Waals surface area (Å²) in [7, 11) is 0. The molecule has 0 aliphatic carbocycles. The standard InChI is InChI=1S/C17H20F3N3O2/c1-2-25-10-16(24)23-7-5-11(6-8-23)13-9-14-12(21-13)3-4-15(22-14)17(18,19)20/h3-4,9,11,21H,2,5-8,10H2,1H3. The Morgan fingerprint density at radius 2 is 2.08 bits per heavy atom. The Kier molecular flexibility index (Phi) is 4.99. The maximum atomic E-state index is 12.8. The lowest BCUT2D eigenvalue weighted by molar-refractivity contribution is -0.141. The van der Waals surface area contributed by atoms with E-state index in [1.807, 2.05) is 6.92 Å². The molecule has 25 heavy (non-hydrogen) atoms. The fourth-order valence-electron chi connectivity index (χ4n) is 3.13. The molecule has 1 N–H and O–H groups in total. The van der Waals surface area contributed by atoms with Gasteiger partial charge in [0, 0.05) is 31.3 Å². The number of pyridine rings is 1. The van der Waals surface area contributed by atoms with Gasteiger partial charge in [0.2, 0.25) is 5.91 Å². The molecule has 3 rings (SSSR count). The van der Waals surface area contributed by atoms with Crippen molar-refractivity contribution in [2.45, 2.75) is 31.9 Å². The number of amides is 1. The molecule has 0 aromatic carbocycles. The Labute approximate surface area is 143 Å². The van der Waals surface area contributed by atoms with Gasteiger partial charge in [-0.05, 0) is 38.0 Å². The van der Waals surface area contributed by atoms with E-state index in [1.165, 1.54) is 6.07 Å². The van der Waals surface area contributed by atoms with Crippen molar-refractivity contribution in [1.82, 2.24) is 14.9 Å². The zero-order valence-corrected chi connectivity index (χ0v) is 13.9. The molecule has 0 spiro atoms. The molecule has 8 heteroatoms. The number of hydrogen-bond acceptors (Lipinski definition) is 3. The zero-order chi connectivity index (χ0) is 18.0. The molecule has 1 fully saturated rings. The predicted octanol–water partition coefficient (Wildman–Crippen LogP) is 3.32. The first-order valence-corrected chi connectivity index (χ1v) is 8.31. The van der Waals surface area contributed by atoms with Crippen LogP contribution in [0.3, 0.4) is 0 Å². The highest BCUT2D eigenvalue weighted by molar-refractivity contribution is 5.78. The molecule has 1 aliphatic rings. The van der Waals surface area contributed by atoms with E-state index < -0.39 is 11.9 Å². The minimum Gasteiger partial charge on any atom is -0.372 e. The van der Waals surface area contributed by atoms with Gasteiger partial charge in [0.05, 0.1) is 11.0 Å². The van der Waals surface area contributed by atoms with Crippen molar-refractivity contribution in [2.75, 3.05) is 26.3 Å². The highest BCUT2D eigenvalue weighted by Gasteiger charge is 2.33. The molecule has 0 bridgehead atoms. The fourth-order valence-corrected chi connectivity index (χ4v) is 3.13. The Hall–Kier alpha value is -2.09. The van der Waals surface area contributed by atoms with Crippen LogP contribution in [-0.4, -0.2) is 47.1 Å². The average Bonchev–Trinajstić information content (AvgIpc) is 3.02. The zero-order valence-electron chi connectivity index (χ0n) is 13.9. The molecule has 1 aliphatic heterocycles. The Morgan fingerprint density at radius 3 is 2.72 bits per heavy atom. The van der Waals surface area contributed by atoms with Crippen molar-refractivity contribution in [3.05, 3.63) is 29.6 Å². The van der Waals surface area contributed by atoms with Crippen LogP contribution in [0.1, 0.15) is 37.1 Å². The fraction of sp³-hybridized carbons (Fsp3) is 0.529. The molecule has 5 nitrogen and oxygen atoms in total. The second-order valence-corrected chi connectivity index (χ2v) is 6.14. The summed E-state index contributed by atoms with van der Waals surface area (Å²) in [6.07, 6.45) is -2.93. The van der Waals surface area contributed by atoms with E-state index in [9.17, 15) is 18.0 Å². The first-order chi connectivity index (χ1) is 11.9. The summed E-state index contributed by atoms with van der Waals surface area (Å²) in [5, 5.41) is 0. The third-order valence-electron chi connectivity index (χ3n) is 4.50. The molecular formula is C17H20F3N3O2. The molecule has 0 saturated carbocycles. The summed E-state index contributed by atoms with van der Waals surface area (Å²) < 4.78 is 43.4. The number of hydrogen-bond donors (Lipinski definition) is 1. The molecule has 2 aromatic heterocycles. The van der Waals surface area contributed by atoms with Crippen LogP contribution in [0.5, 0.6) is 0 Å². The third kappa shape index (κ3) is 3.95. The quantitative estimate of drug-likeness (QED) is 0.915. The smallest absolute Gasteiger partial charge is 0.372 e. The van der Waals surface area contributed by atoms with Crippen LogP contribution in [0.2, 0.25) is 0 Å². The van der Waals surface area contributed by atoms with E-state index in [0.717, 1.165) is 24.6 Å². The number of aromatic amines is 1. The van der Waals surface area contributed by atoms with Gasteiger partial charge in [0.25, 0.3) is 0 Å². The second-order valence-electron chi connectivity index (χ2n) is 6.14. The van der Waals surface area contributed by atoms with Gasteiger partial charge in [-0.2, -0.15) is 13.2 Å². The van der Waals surface area contributed by atoms with E-state index >= 15 is 0 Å². The third-order valence-corrected chi connectivity index (χ3v) is 4.50. The number of nitrogens with zero attached hydrogens (tertiary/aromatic N) is 2. The van der Waals surface area contributed by atoms with Gasteiger partial charge < -0.3 is 14.6 Å². The molecule has 0 radical (unpaired) electrons. The average molecular weight is 355 g/mol. The minimum absolute atomic E-state index is 0.0200. The van der Waals surface area contributed by atoms with E-state index in [-0.39, 0.29) is 18.4 Å². The molecule has 0 unspecified atom stereocenters.